The highest BCUT2D eigenvalue weighted by Gasteiger charge is 2.15. The smallest absolute Gasteiger partial charge is 0.262 e. The standard InChI is InChI=1S/C16H15N3O2S/c1-9-7-10(2)13-12(8-9)22-16(18-13)19-14(20)11-5-4-6-17-15(11)21-3/h4-8H,1-3H3,(H,18,19,20). The Morgan fingerprint density at radius 3 is 2.91 bits per heavy atom. The van der Waals surface area contributed by atoms with E-state index in [2.05, 4.69) is 27.4 Å². The number of aryl methyl sites for hydroxylation is 2. The summed E-state index contributed by atoms with van der Waals surface area (Å²) < 4.78 is 6.17. The molecule has 0 saturated carbocycles. The zero-order chi connectivity index (χ0) is 15.7. The average Bonchev–Trinajstić information content (AvgIpc) is 2.89. The molecule has 0 aliphatic heterocycles. The summed E-state index contributed by atoms with van der Waals surface area (Å²) in [4.78, 5) is 20.9. The van der Waals surface area contributed by atoms with Gasteiger partial charge in [0.15, 0.2) is 5.13 Å². The van der Waals surface area contributed by atoms with Gasteiger partial charge in [-0.3, -0.25) is 10.1 Å². The maximum atomic E-state index is 12.4. The molecule has 0 aliphatic rings. The van der Waals surface area contributed by atoms with Gasteiger partial charge >= 0.3 is 0 Å². The van der Waals surface area contributed by atoms with Gasteiger partial charge in [-0.2, -0.15) is 0 Å². The van der Waals surface area contributed by atoms with E-state index in [0.717, 1.165) is 15.8 Å². The molecule has 6 heteroatoms. The normalized spacial score (nSPS) is 10.7. The number of methoxy groups -OCH3 is 1. The van der Waals surface area contributed by atoms with Crippen molar-refractivity contribution in [2.24, 2.45) is 0 Å². The second-order valence-corrected chi connectivity index (χ2v) is 5.99. The molecule has 3 rings (SSSR count). The predicted molar refractivity (Wildman–Crippen MR) is 87.8 cm³/mol. The van der Waals surface area contributed by atoms with Crippen molar-refractivity contribution < 1.29 is 9.53 Å². The van der Waals surface area contributed by atoms with Gasteiger partial charge in [-0.25, -0.2) is 9.97 Å². The van der Waals surface area contributed by atoms with E-state index in [1.54, 1.807) is 18.3 Å². The molecule has 2 aromatic heterocycles. The number of anilines is 1. The maximum absolute atomic E-state index is 12.4. The van der Waals surface area contributed by atoms with Crippen molar-refractivity contribution in [3.05, 3.63) is 47.2 Å². The van der Waals surface area contributed by atoms with Gasteiger partial charge in [0, 0.05) is 6.20 Å². The van der Waals surface area contributed by atoms with Crippen LogP contribution in [0.3, 0.4) is 0 Å². The Kier molecular flexibility index (Phi) is 3.77. The van der Waals surface area contributed by atoms with Crippen LogP contribution in [0.25, 0.3) is 10.2 Å². The molecule has 3 aromatic rings. The third kappa shape index (κ3) is 2.65. The number of nitrogens with zero attached hydrogens (tertiary/aromatic N) is 2. The first-order valence-corrected chi connectivity index (χ1v) is 7.58. The van der Waals surface area contributed by atoms with Crippen LogP contribution in [0.15, 0.2) is 30.5 Å². The van der Waals surface area contributed by atoms with Crippen LogP contribution in [0.1, 0.15) is 21.5 Å². The van der Waals surface area contributed by atoms with E-state index in [1.165, 1.54) is 24.0 Å². The Balaban J connectivity index is 1.93. The molecule has 0 bridgehead atoms. The molecular weight excluding hydrogens is 298 g/mol. The molecule has 2 heterocycles. The van der Waals surface area contributed by atoms with Crippen LogP contribution in [0, 0.1) is 13.8 Å². The summed E-state index contributed by atoms with van der Waals surface area (Å²) in [5.74, 6) is 0.0199. The number of carbonyl (C=O) groups is 1. The number of hydrogen-bond donors (Lipinski definition) is 1. The van der Waals surface area contributed by atoms with E-state index in [4.69, 9.17) is 4.74 Å². The number of hydrogen-bond acceptors (Lipinski definition) is 5. The first-order chi connectivity index (χ1) is 10.6. The van der Waals surface area contributed by atoms with Crippen molar-refractivity contribution >= 4 is 32.6 Å². The maximum Gasteiger partial charge on any atom is 0.262 e. The van der Waals surface area contributed by atoms with Crippen molar-refractivity contribution in [1.29, 1.82) is 0 Å². The molecule has 0 radical (unpaired) electrons. The molecule has 1 N–H and O–H groups in total. The second-order valence-electron chi connectivity index (χ2n) is 4.96. The summed E-state index contributed by atoms with van der Waals surface area (Å²) in [7, 11) is 1.49. The van der Waals surface area contributed by atoms with Gasteiger partial charge in [-0.1, -0.05) is 17.4 Å². The summed E-state index contributed by atoms with van der Waals surface area (Å²) in [5.41, 5.74) is 3.59. The largest absolute Gasteiger partial charge is 0.480 e. The Labute approximate surface area is 132 Å². The second kappa shape index (κ2) is 5.73. The Hall–Kier alpha value is -2.47. The minimum absolute atomic E-state index is 0.279. The fourth-order valence-corrected chi connectivity index (χ4v) is 3.35. The molecule has 0 saturated heterocycles. The molecule has 112 valence electrons. The monoisotopic (exact) mass is 313 g/mol. The van der Waals surface area contributed by atoms with Crippen LogP contribution in [-0.4, -0.2) is 23.0 Å². The van der Waals surface area contributed by atoms with E-state index in [-0.39, 0.29) is 5.91 Å². The fourth-order valence-electron chi connectivity index (χ4n) is 2.31. The Morgan fingerprint density at radius 2 is 2.14 bits per heavy atom. The Morgan fingerprint density at radius 1 is 1.32 bits per heavy atom. The first kappa shape index (κ1) is 14.5. The number of aromatic nitrogens is 2. The molecule has 1 amide bonds. The molecule has 5 nitrogen and oxygen atoms in total. The van der Waals surface area contributed by atoms with Crippen LogP contribution in [0.4, 0.5) is 5.13 Å². The highest BCUT2D eigenvalue weighted by atomic mass is 32.1. The van der Waals surface area contributed by atoms with E-state index >= 15 is 0 Å². The number of rotatable bonds is 3. The lowest BCUT2D eigenvalue weighted by molar-refractivity contribution is 0.102. The molecule has 0 spiro atoms. The number of amides is 1. The van der Waals surface area contributed by atoms with Crippen LogP contribution < -0.4 is 10.1 Å². The Bertz CT molecular complexity index is 858. The zero-order valence-electron chi connectivity index (χ0n) is 12.5. The fraction of sp³-hybridized carbons (Fsp3) is 0.188. The predicted octanol–water partition coefficient (Wildman–Crippen LogP) is 3.57. The summed E-state index contributed by atoms with van der Waals surface area (Å²) >= 11 is 1.46. The minimum Gasteiger partial charge on any atom is -0.480 e. The van der Waals surface area contributed by atoms with E-state index in [1.807, 2.05) is 13.8 Å². The van der Waals surface area contributed by atoms with E-state index in [0.29, 0.717) is 16.6 Å². The third-order valence-corrected chi connectivity index (χ3v) is 4.18. The van der Waals surface area contributed by atoms with Crippen molar-refractivity contribution in [3.63, 3.8) is 0 Å². The van der Waals surface area contributed by atoms with Crippen molar-refractivity contribution in [2.75, 3.05) is 12.4 Å². The molecule has 0 unspecified atom stereocenters. The number of nitrogens with one attached hydrogen (secondary N) is 1. The van der Waals surface area contributed by atoms with Crippen LogP contribution in [-0.2, 0) is 0 Å². The summed E-state index contributed by atoms with van der Waals surface area (Å²) in [5, 5.41) is 3.39. The molecule has 22 heavy (non-hydrogen) atoms. The SMILES string of the molecule is COc1ncccc1C(=O)Nc1nc2c(C)cc(C)cc2s1. The lowest BCUT2D eigenvalue weighted by Crippen LogP contribution is -2.13. The number of ether oxygens (including phenoxy) is 1. The number of benzene rings is 1. The van der Waals surface area contributed by atoms with E-state index < -0.39 is 0 Å². The summed E-state index contributed by atoms with van der Waals surface area (Å²) in [6, 6.07) is 7.52. The quantitative estimate of drug-likeness (QED) is 0.803. The van der Waals surface area contributed by atoms with Gasteiger partial charge in [0.2, 0.25) is 5.88 Å². The number of pyridine rings is 1. The van der Waals surface area contributed by atoms with Crippen LogP contribution in [0.2, 0.25) is 0 Å². The average molecular weight is 313 g/mol. The molecule has 0 atom stereocenters. The molecule has 0 aliphatic carbocycles. The number of carbonyl (C=O) groups excluding carboxylic acids is 1. The van der Waals surface area contributed by atoms with Crippen molar-refractivity contribution in [3.8, 4) is 5.88 Å². The van der Waals surface area contributed by atoms with Gasteiger partial charge in [0.25, 0.3) is 5.91 Å². The highest BCUT2D eigenvalue weighted by Crippen LogP contribution is 2.29. The molecular formula is C16H15N3O2S. The highest BCUT2D eigenvalue weighted by molar-refractivity contribution is 7.22. The minimum atomic E-state index is -0.279. The van der Waals surface area contributed by atoms with Crippen molar-refractivity contribution in [2.45, 2.75) is 13.8 Å². The third-order valence-electron chi connectivity index (χ3n) is 3.26. The summed E-state index contributed by atoms with van der Waals surface area (Å²) in [6.07, 6.45) is 1.58. The summed E-state index contributed by atoms with van der Waals surface area (Å²) in [6.45, 7) is 4.07. The molecule has 0 fully saturated rings. The lowest BCUT2D eigenvalue weighted by Gasteiger charge is -2.05. The van der Waals surface area contributed by atoms with Gasteiger partial charge in [-0.05, 0) is 43.2 Å². The van der Waals surface area contributed by atoms with Gasteiger partial charge in [0.05, 0.1) is 17.3 Å². The van der Waals surface area contributed by atoms with Crippen LogP contribution in [0.5, 0.6) is 5.88 Å². The number of fused-ring (bicyclic) bond motifs is 1. The molecule has 1 aromatic carbocycles. The van der Waals surface area contributed by atoms with Crippen molar-refractivity contribution in [1.82, 2.24) is 9.97 Å². The number of thiazole rings is 1. The van der Waals surface area contributed by atoms with E-state index in [9.17, 15) is 4.79 Å². The topological polar surface area (TPSA) is 64.1 Å². The van der Waals surface area contributed by atoms with Crippen LogP contribution >= 0.6 is 11.3 Å². The van der Waals surface area contributed by atoms with Gasteiger partial charge in [0.1, 0.15) is 5.56 Å². The van der Waals surface area contributed by atoms with Gasteiger partial charge < -0.3 is 4.74 Å². The first-order valence-electron chi connectivity index (χ1n) is 6.76. The van der Waals surface area contributed by atoms with Gasteiger partial charge in [-0.15, -0.1) is 0 Å². The lowest BCUT2D eigenvalue weighted by atomic mass is 10.1. The zero-order valence-corrected chi connectivity index (χ0v) is 13.3.